The molecule has 5 heteroatoms. The summed E-state index contributed by atoms with van der Waals surface area (Å²) in [6.45, 7) is 6.66. The molecule has 0 bridgehead atoms. The Kier molecular flexibility index (Phi) is 4.52. The van der Waals surface area contributed by atoms with Gasteiger partial charge in [-0.05, 0) is 51.8 Å². The van der Waals surface area contributed by atoms with Crippen LogP contribution in [0.5, 0.6) is 5.75 Å². The maximum absolute atomic E-state index is 12.8. The number of nitrogens with one attached hydrogen (secondary N) is 1. The summed E-state index contributed by atoms with van der Waals surface area (Å²) in [7, 11) is 0. The standard InChI is InChI=1S/C19H26N2O3/c1-4-21-15-11-14(20-17(22)13-7-5-6-8-13)9-10-16(15)24-12-19(2,3)18(21)23/h9-11,13H,4-8,12H2,1-3H3,(H,20,22). The van der Waals surface area contributed by atoms with Crippen LogP contribution in [0.2, 0.25) is 0 Å². The van der Waals surface area contributed by atoms with Crippen LogP contribution in [0.25, 0.3) is 0 Å². The van der Waals surface area contributed by atoms with Crippen molar-refractivity contribution in [2.75, 3.05) is 23.4 Å². The number of amides is 2. The van der Waals surface area contributed by atoms with E-state index in [1.807, 2.05) is 39.0 Å². The summed E-state index contributed by atoms with van der Waals surface area (Å²) >= 11 is 0. The van der Waals surface area contributed by atoms with Crippen molar-refractivity contribution in [1.29, 1.82) is 0 Å². The second-order valence-corrected chi connectivity index (χ2v) is 7.38. The molecular weight excluding hydrogens is 304 g/mol. The van der Waals surface area contributed by atoms with E-state index in [9.17, 15) is 9.59 Å². The molecule has 5 nitrogen and oxygen atoms in total. The van der Waals surface area contributed by atoms with E-state index >= 15 is 0 Å². The quantitative estimate of drug-likeness (QED) is 0.921. The lowest BCUT2D eigenvalue weighted by Gasteiger charge is -2.27. The lowest BCUT2D eigenvalue weighted by atomic mass is 9.93. The Bertz CT molecular complexity index is 648. The largest absolute Gasteiger partial charge is 0.490 e. The topological polar surface area (TPSA) is 58.6 Å². The van der Waals surface area contributed by atoms with Gasteiger partial charge in [0.1, 0.15) is 12.4 Å². The Balaban J connectivity index is 1.86. The van der Waals surface area contributed by atoms with E-state index in [2.05, 4.69) is 5.32 Å². The first-order valence-corrected chi connectivity index (χ1v) is 8.82. The fourth-order valence-corrected chi connectivity index (χ4v) is 3.47. The molecule has 0 unspecified atom stereocenters. The number of hydrogen-bond donors (Lipinski definition) is 1. The molecule has 1 aliphatic carbocycles. The van der Waals surface area contributed by atoms with Crippen LogP contribution in [0.15, 0.2) is 18.2 Å². The molecule has 130 valence electrons. The molecule has 1 aromatic carbocycles. The first kappa shape index (κ1) is 16.8. The summed E-state index contributed by atoms with van der Waals surface area (Å²) in [5.74, 6) is 0.928. The minimum Gasteiger partial charge on any atom is -0.490 e. The molecule has 0 spiro atoms. The molecule has 1 aliphatic heterocycles. The number of nitrogens with zero attached hydrogens (tertiary/aromatic N) is 1. The molecule has 3 rings (SSSR count). The highest BCUT2D eigenvalue weighted by Crippen LogP contribution is 2.38. The Morgan fingerprint density at radius 3 is 2.71 bits per heavy atom. The molecule has 1 saturated carbocycles. The molecule has 24 heavy (non-hydrogen) atoms. The van der Waals surface area contributed by atoms with Crippen LogP contribution in [0.4, 0.5) is 11.4 Å². The SMILES string of the molecule is CCN1C(=O)C(C)(C)COc2ccc(NC(=O)C3CCCC3)cc21. The number of anilines is 2. The zero-order chi connectivity index (χ0) is 17.3. The summed E-state index contributed by atoms with van der Waals surface area (Å²) in [4.78, 5) is 26.9. The third-order valence-corrected chi connectivity index (χ3v) is 4.97. The Hall–Kier alpha value is -2.04. The van der Waals surface area contributed by atoms with E-state index < -0.39 is 5.41 Å². The first-order chi connectivity index (χ1) is 11.4. The number of hydrogen-bond acceptors (Lipinski definition) is 3. The number of rotatable bonds is 3. The molecule has 1 fully saturated rings. The predicted octanol–water partition coefficient (Wildman–Crippen LogP) is 3.59. The number of benzene rings is 1. The third-order valence-electron chi connectivity index (χ3n) is 4.97. The van der Waals surface area contributed by atoms with E-state index in [-0.39, 0.29) is 17.7 Å². The van der Waals surface area contributed by atoms with E-state index in [0.717, 1.165) is 37.1 Å². The molecule has 0 saturated heterocycles. The molecule has 1 N–H and O–H groups in total. The molecule has 1 aromatic rings. The molecule has 2 amide bonds. The van der Waals surface area contributed by atoms with Crippen molar-refractivity contribution in [3.8, 4) is 5.75 Å². The summed E-state index contributed by atoms with van der Waals surface area (Å²) in [5.41, 5.74) is 0.889. The van der Waals surface area contributed by atoms with Gasteiger partial charge in [-0.25, -0.2) is 0 Å². The van der Waals surface area contributed by atoms with Crippen LogP contribution in [-0.4, -0.2) is 25.0 Å². The van der Waals surface area contributed by atoms with Crippen molar-refractivity contribution in [1.82, 2.24) is 0 Å². The maximum Gasteiger partial charge on any atom is 0.236 e. The summed E-state index contributed by atoms with van der Waals surface area (Å²) < 4.78 is 5.85. The van der Waals surface area contributed by atoms with Crippen LogP contribution in [-0.2, 0) is 9.59 Å². The average molecular weight is 330 g/mol. The van der Waals surface area contributed by atoms with Gasteiger partial charge in [0.05, 0.1) is 11.1 Å². The summed E-state index contributed by atoms with van der Waals surface area (Å²) in [6.07, 6.45) is 4.19. The number of fused-ring (bicyclic) bond motifs is 1. The minimum atomic E-state index is -0.567. The summed E-state index contributed by atoms with van der Waals surface area (Å²) in [6, 6.07) is 5.55. The lowest BCUT2D eigenvalue weighted by molar-refractivity contribution is -0.127. The van der Waals surface area contributed by atoms with Gasteiger partial charge in [-0.15, -0.1) is 0 Å². The van der Waals surface area contributed by atoms with Crippen molar-refractivity contribution in [3.05, 3.63) is 18.2 Å². The van der Waals surface area contributed by atoms with Crippen molar-refractivity contribution in [2.45, 2.75) is 46.5 Å². The molecule has 0 radical (unpaired) electrons. The monoisotopic (exact) mass is 330 g/mol. The van der Waals surface area contributed by atoms with Crippen LogP contribution in [0, 0.1) is 11.3 Å². The van der Waals surface area contributed by atoms with Crippen molar-refractivity contribution < 1.29 is 14.3 Å². The zero-order valence-corrected chi connectivity index (χ0v) is 14.7. The van der Waals surface area contributed by atoms with Crippen LogP contribution < -0.4 is 15.0 Å². The van der Waals surface area contributed by atoms with E-state index in [1.165, 1.54) is 0 Å². The second kappa shape index (κ2) is 6.46. The van der Waals surface area contributed by atoms with Gasteiger partial charge in [-0.1, -0.05) is 12.8 Å². The van der Waals surface area contributed by atoms with Crippen LogP contribution >= 0.6 is 0 Å². The highest BCUT2D eigenvalue weighted by atomic mass is 16.5. The Labute approximate surface area is 143 Å². The normalized spacial score (nSPS) is 20.3. The minimum absolute atomic E-state index is 0.0445. The number of carbonyl (C=O) groups excluding carboxylic acids is 2. The zero-order valence-electron chi connectivity index (χ0n) is 14.7. The van der Waals surface area contributed by atoms with Gasteiger partial charge >= 0.3 is 0 Å². The first-order valence-electron chi connectivity index (χ1n) is 8.82. The molecule has 0 atom stereocenters. The van der Waals surface area contributed by atoms with E-state index in [1.54, 1.807) is 4.90 Å². The molecule has 2 aliphatic rings. The van der Waals surface area contributed by atoms with Gasteiger partial charge in [0.2, 0.25) is 11.8 Å². The lowest BCUT2D eigenvalue weighted by Crippen LogP contribution is -2.42. The number of carbonyl (C=O) groups is 2. The Morgan fingerprint density at radius 1 is 1.33 bits per heavy atom. The van der Waals surface area contributed by atoms with Crippen molar-refractivity contribution in [3.63, 3.8) is 0 Å². The average Bonchev–Trinajstić information content (AvgIpc) is 3.06. The predicted molar refractivity (Wildman–Crippen MR) is 94.3 cm³/mol. The van der Waals surface area contributed by atoms with Gasteiger partial charge in [0.25, 0.3) is 0 Å². The maximum atomic E-state index is 12.8. The van der Waals surface area contributed by atoms with E-state index in [0.29, 0.717) is 18.9 Å². The smallest absolute Gasteiger partial charge is 0.236 e. The second-order valence-electron chi connectivity index (χ2n) is 7.38. The van der Waals surface area contributed by atoms with Crippen LogP contribution in [0.3, 0.4) is 0 Å². The molecular formula is C19H26N2O3. The highest BCUT2D eigenvalue weighted by Gasteiger charge is 2.37. The molecule has 0 aromatic heterocycles. The Morgan fingerprint density at radius 2 is 2.04 bits per heavy atom. The number of ether oxygens (including phenoxy) is 1. The summed E-state index contributed by atoms with van der Waals surface area (Å²) in [5, 5.41) is 3.00. The van der Waals surface area contributed by atoms with Crippen molar-refractivity contribution in [2.24, 2.45) is 11.3 Å². The van der Waals surface area contributed by atoms with Gasteiger partial charge in [-0.2, -0.15) is 0 Å². The fraction of sp³-hybridized carbons (Fsp3) is 0.579. The van der Waals surface area contributed by atoms with Gasteiger partial charge in [0.15, 0.2) is 0 Å². The van der Waals surface area contributed by atoms with Gasteiger partial charge in [0, 0.05) is 18.2 Å². The molecule has 1 heterocycles. The van der Waals surface area contributed by atoms with Gasteiger partial charge < -0.3 is 15.0 Å². The van der Waals surface area contributed by atoms with Crippen molar-refractivity contribution >= 4 is 23.2 Å². The fourth-order valence-electron chi connectivity index (χ4n) is 3.47. The third kappa shape index (κ3) is 3.12. The highest BCUT2D eigenvalue weighted by molar-refractivity contribution is 6.00. The van der Waals surface area contributed by atoms with Crippen LogP contribution in [0.1, 0.15) is 46.5 Å². The van der Waals surface area contributed by atoms with E-state index in [4.69, 9.17) is 4.74 Å². The van der Waals surface area contributed by atoms with Gasteiger partial charge in [-0.3, -0.25) is 9.59 Å².